The zero-order valence-electron chi connectivity index (χ0n) is 11.6. The fraction of sp³-hybridized carbons (Fsp3) is 0.385. The lowest BCUT2D eigenvalue weighted by Crippen LogP contribution is -2.37. The van der Waals surface area contributed by atoms with E-state index in [2.05, 4.69) is 15.5 Å². The van der Waals surface area contributed by atoms with Crippen LogP contribution >= 0.6 is 0 Å². The van der Waals surface area contributed by atoms with Gasteiger partial charge in [0, 0.05) is 24.6 Å². The molecule has 0 fully saturated rings. The lowest BCUT2D eigenvalue weighted by molar-refractivity contribution is -0.137. The van der Waals surface area contributed by atoms with Crippen LogP contribution in [0.25, 0.3) is 0 Å². The monoisotopic (exact) mass is 291 g/mol. The van der Waals surface area contributed by atoms with Gasteiger partial charge in [-0.25, -0.2) is 0 Å². The number of aliphatic carboxylic acids is 1. The first kappa shape index (κ1) is 14.8. The van der Waals surface area contributed by atoms with Crippen LogP contribution in [0.2, 0.25) is 0 Å². The first-order chi connectivity index (χ1) is 10.1. The summed E-state index contributed by atoms with van der Waals surface area (Å²) < 4.78 is 3.12. The standard InChI is InChI=1S/C13H17N5O3/c1-10(9-17-7-2-5-14-17)16-13(21)11-3-6-15-18(11)8-4-12(19)20/h2-3,5-7,10H,4,8-9H2,1H3,(H,16,21)(H,19,20). The highest BCUT2D eigenvalue weighted by atomic mass is 16.4. The second kappa shape index (κ2) is 6.69. The maximum atomic E-state index is 12.2. The third-order valence-electron chi connectivity index (χ3n) is 2.88. The molecule has 8 heteroatoms. The third-order valence-corrected chi connectivity index (χ3v) is 2.88. The molecule has 0 spiro atoms. The van der Waals surface area contributed by atoms with Gasteiger partial charge in [0.2, 0.25) is 0 Å². The average molecular weight is 291 g/mol. The number of hydrogen-bond acceptors (Lipinski definition) is 4. The molecule has 2 aromatic heterocycles. The molecule has 0 aliphatic heterocycles. The van der Waals surface area contributed by atoms with Gasteiger partial charge in [-0.1, -0.05) is 0 Å². The lowest BCUT2D eigenvalue weighted by Gasteiger charge is -2.14. The summed E-state index contributed by atoms with van der Waals surface area (Å²) in [6.07, 6.45) is 4.90. The van der Waals surface area contributed by atoms with Gasteiger partial charge in [-0.3, -0.25) is 19.0 Å². The van der Waals surface area contributed by atoms with Crippen molar-refractivity contribution < 1.29 is 14.7 Å². The Bertz CT molecular complexity index is 605. The summed E-state index contributed by atoms with van der Waals surface area (Å²) in [5, 5.41) is 19.6. The van der Waals surface area contributed by atoms with Crippen molar-refractivity contribution in [2.24, 2.45) is 0 Å². The van der Waals surface area contributed by atoms with Crippen molar-refractivity contribution in [2.75, 3.05) is 0 Å². The molecule has 1 unspecified atom stereocenters. The highest BCUT2D eigenvalue weighted by molar-refractivity contribution is 5.92. The molecule has 1 atom stereocenters. The minimum atomic E-state index is -0.927. The van der Waals surface area contributed by atoms with E-state index in [9.17, 15) is 9.59 Å². The zero-order chi connectivity index (χ0) is 15.2. The van der Waals surface area contributed by atoms with E-state index in [0.29, 0.717) is 12.2 Å². The minimum absolute atomic E-state index is 0.0786. The number of carbonyl (C=O) groups excluding carboxylic acids is 1. The van der Waals surface area contributed by atoms with Crippen molar-refractivity contribution in [3.63, 3.8) is 0 Å². The van der Waals surface area contributed by atoms with Crippen LogP contribution in [0.15, 0.2) is 30.7 Å². The number of nitrogens with zero attached hydrogens (tertiary/aromatic N) is 4. The average Bonchev–Trinajstić information content (AvgIpc) is 3.06. The smallest absolute Gasteiger partial charge is 0.305 e. The molecule has 0 radical (unpaired) electrons. The van der Waals surface area contributed by atoms with Crippen LogP contribution in [0.1, 0.15) is 23.8 Å². The fourth-order valence-electron chi connectivity index (χ4n) is 1.94. The molecule has 0 aromatic carbocycles. The number of nitrogens with one attached hydrogen (secondary N) is 1. The highest BCUT2D eigenvalue weighted by Crippen LogP contribution is 2.02. The summed E-state index contributed by atoms with van der Waals surface area (Å²) in [5.41, 5.74) is 0.351. The number of aromatic nitrogens is 4. The summed E-state index contributed by atoms with van der Waals surface area (Å²) in [6.45, 7) is 2.60. The molecule has 2 aromatic rings. The summed E-state index contributed by atoms with van der Waals surface area (Å²) in [5.74, 6) is -1.21. The topological polar surface area (TPSA) is 102 Å². The van der Waals surface area contributed by atoms with Gasteiger partial charge in [-0.15, -0.1) is 0 Å². The SMILES string of the molecule is CC(Cn1cccn1)NC(=O)c1ccnn1CCC(=O)O. The van der Waals surface area contributed by atoms with E-state index in [0.717, 1.165) is 0 Å². The van der Waals surface area contributed by atoms with Crippen LogP contribution in [-0.2, 0) is 17.9 Å². The maximum Gasteiger partial charge on any atom is 0.305 e. The third kappa shape index (κ3) is 4.16. The van der Waals surface area contributed by atoms with Crippen LogP contribution in [0, 0.1) is 0 Å². The normalized spacial score (nSPS) is 12.0. The Hall–Kier alpha value is -2.64. The maximum absolute atomic E-state index is 12.2. The Labute approximate surface area is 121 Å². The van der Waals surface area contributed by atoms with E-state index in [1.54, 1.807) is 16.9 Å². The lowest BCUT2D eigenvalue weighted by atomic mass is 10.3. The van der Waals surface area contributed by atoms with Gasteiger partial charge in [0.15, 0.2) is 0 Å². The molecule has 0 saturated heterocycles. The number of rotatable bonds is 7. The van der Waals surface area contributed by atoms with Crippen LogP contribution in [0.4, 0.5) is 0 Å². The Kier molecular flexibility index (Phi) is 4.70. The molecule has 112 valence electrons. The molecule has 2 heterocycles. The van der Waals surface area contributed by atoms with Gasteiger partial charge in [-0.2, -0.15) is 10.2 Å². The Morgan fingerprint density at radius 3 is 2.86 bits per heavy atom. The molecule has 21 heavy (non-hydrogen) atoms. The van der Waals surface area contributed by atoms with Crippen molar-refractivity contribution >= 4 is 11.9 Å². The minimum Gasteiger partial charge on any atom is -0.481 e. The van der Waals surface area contributed by atoms with E-state index < -0.39 is 5.97 Å². The zero-order valence-corrected chi connectivity index (χ0v) is 11.6. The van der Waals surface area contributed by atoms with E-state index in [4.69, 9.17) is 5.11 Å². The molecule has 2 N–H and O–H groups in total. The number of amides is 1. The van der Waals surface area contributed by atoms with Crippen molar-refractivity contribution in [3.8, 4) is 0 Å². The van der Waals surface area contributed by atoms with Crippen molar-refractivity contribution in [2.45, 2.75) is 32.5 Å². The fourth-order valence-corrected chi connectivity index (χ4v) is 1.94. The van der Waals surface area contributed by atoms with E-state index in [1.165, 1.54) is 10.9 Å². The first-order valence-corrected chi connectivity index (χ1v) is 6.58. The molecule has 0 aliphatic rings. The van der Waals surface area contributed by atoms with Gasteiger partial charge in [0.25, 0.3) is 5.91 Å². The molecule has 8 nitrogen and oxygen atoms in total. The quantitative estimate of drug-likeness (QED) is 0.767. The van der Waals surface area contributed by atoms with E-state index in [-0.39, 0.29) is 24.9 Å². The van der Waals surface area contributed by atoms with Crippen molar-refractivity contribution in [3.05, 3.63) is 36.4 Å². The first-order valence-electron chi connectivity index (χ1n) is 6.58. The summed E-state index contributed by atoms with van der Waals surface area (Å²) in [7, 11) is 0. The summed E-state index contributed by atoms with van der Waals surface area (Å²) in [4.78, 5) is 22.7. The Morgan fingerprint density at radius 1 is 1.38 bits per heavy atom. The highest BCUT2D eigenvalue weighted by Gasteiger charge is 2.15. The molecule has 1 amide bonds. The summed E-state index contributed by atoms with van der Waals surface area (Å²) >= 11 is 0. The number of carbonyl (C=O) groups is 2. The van der Waals surface area contributed by atoms with Gasteiger partial charge in [-0.05, 0) is 19.1 Å². The molecule has 2 rings (SSSR count). The van der Waals surface area contributed by atoms with E-state index in [1.807, 2.05) is 19.2 Å². The second-order valence-corrected chi connectivity index (χ2v) is 4.69. The number of aryl methyl sites for hydroxylation is 1. The number of carboxylic acid groups (broad SMARTS) is 1. The van der Waals surface area contributed by atoms with Gasteiger partial charge >= 0.3 is 5.97 Å². The largest absolute Gasteiger partial charge is 0.481 e. The molecule has 0 bridgehead atoms. The predicted molar refractivity (Wildman–Crippen MR) is 73.6 cm³/mol. The van der Waals surface area contributed by atoms with Crippen LogP contribution < -0.4 is 5.32 Å². The van der Waals surface area contributed by atoms with Crippen molar-refractivity contribution in [1.29, 1.82) is 0 Å². The van der Waals surface area contributed by atoms with Gasteiger partial charge in [0.05, 0.1) is 19.5 Å². The molecule has 0 saturated carbocycles. The molecule has 0 aliphatic carbocycles. The Morgan fingerprint density at radius 2 is 2.19 bits per heavy atom. The van der Waals surface area contributed by atoms with Crippen LogP contribution in [0.3, 0.4) is 0 Å². The van der Waals surface area contributed by atoms with Crippen LogP contribution in [0.5, 0.6) is 0 Å². The molecular weight excluding hydrogens is 274 g/mol. The summed E-state index contributed by atoms with van der Waals surface area (Å²) in [6, 6.07) is 3.27. The van der Waals surface area contributed by atoms with Gasteiger partial charge in [0.1, 0.15) is 5.69 Å². The van der Waals surface area contributed by atoms with Gasteiger partial charge < -0.3 is 10.4 Å². The number of carboxylic acids is 1. The van der Waals surface area contributed by atoms with Crippen molar-refractivity contribution in [1.82, 2.24) is 24.9 Å². The Balaban J connectivity index is 1.93. The van der Waals surface area contributed by atoms with E-state index >= 15 is 0 Å². The second-order valence-electron chi connectivity index (χ2n) is 4.69. The predicted octanol–water partition coefficient (Wildman–Crippen LogP) is 0.373. The van der Waals surface area contributed by atoms with Crippen LogP contribution in [-0.4, -0.2) is 42.6 Å². The number of hydrogen-bond donors (Lipinski definition) is 2. The molecular formula is C13H17N5O3.